The Morgan fingerprint density at radius 2 is 1.62 bits per heavy atom. The highest BCUT2D eigenvalue weighted by molar-refractivity contribution is 6.06. The smallest absolute Gasteiger partial charge is 0.256 e. The monoisotopic (exact) mass is 486 g/mol. The molecule has 2 saturated heterocycles. The van der Waals surface area contributed by atoms with Crippen molar-refractivity contribution in [2.24, 2.45) is 28.8 Å². The van der Waals surface area contributed by atoms with Gasteiger partial charge < -0.3 is 40.2 Å². The van der Waals surface area contributed by atoms with Crippen molar-refractivity contribution >= 4 is 17.5 Å². The number of hydrogen-bond acceptors (Lipinski definition) is 11. The van der Waals surface area contributed by atoms with Crippen LogP contribution >= 0.6 is 0 Å². The number of imide groups is 1. The van der Waals surface area contributed by atoms with Crippen LogP contribution in [0.3, 0.4) is 0 Å². The van der Waals surface area contributed by atoms with E-state index in [9.17, 15) is 40.2 Å². The maximum atomic E-state index is 13.3. The molecular formula is C22H34N2O10. The molecule has 2 amide bonds. The zero-order chi connectivity index (χ0) is 25.1. The van der Waals surface area contributed by atoms with E-state index in [1.807, 2.05) is 0 Å². The van der Waals surface area contributed by atoms with Crippen LogP contribution in [0, 0.1) is 23.7 Å². The SMILES string of the molecule is CC(C)(C)N1C(=O)[C@H]2[C@H]3[C@H](O)[C@H](O)C/C(=N\O[C@@H]4O[C@H](CO)[C@@H](O)[C@H](O)[C@H]4O)[C@H]3CC[C@H]2C1=O. The summed E-state index contributed by atoms with van der Waals surface area (Å²) in [4.78, 5) is 32.9. The summed E-state index contributed by atoms with van der Waals surface area (Å²) in [6, 6.07) is 0. The third-order valence-electron chi connectivity index (χ3n) is 7.57. The molecule has 2 aliphatic carbocycles. The fourth-order valence-corrected chi connectivity index (χ4v) is 5.91. The summed E-state index contributed by atoms with van der Waals surface area (Å²) < 4.78 is 5.30. The Hall–Kier alpha value is -1.67. The number of likely N-dealkylation sites (tertiary alicyclic amines) is 1. The van der Waals surface area contributed by atoms with Gasteiger partial charge in [0, 0.05) is 23.8 Å². The number of amides is 2. The van der Waals surface area contributed by atoms with Gasteiger partial charge in [-0.1, -0.05) is 5.16 Å². The van der Waals surface area contributed by atoms with Crippen molar-refractivity contribution in [3.8, 4) is 0 Å². The number of ether oxygens (including phenoxy) is 1. The topological polar surface area (TPSA) is 190 Å². The maximum Gasteiger partial charge on any atom is 0.256 e. The minimum Gasteiger partial charge on any atom is -0.394 e. The average molecular weight is 487 g/mol. The van der Waals surface area contributed by atoms with Gasteiger partial charge in [-0.2, -0.15) is 0 Å². The van der Waals surface area contributed by atoms with Crippen molar-refractivity contribution < 1.29 is 49.8 Å². The average Bonchev–Trinajstić information content (AvgIpc) is 3.04. The molecule has 0 aromatic carbocycles. The number of aliphatic hydroxyl groups is 6. The molecule has 2 heterocycles. The van der Waals surface area contributed by atoms with Gasteiger partial charge in [0.05, 0.1) is 36.4 Å². The second-order valence-electron chi connectivity index (χ2n) is 10.7. The molecule has 4 fully saturated rings. The van der Waals surface area contributed by atoms with Crippen molar-refractivity contribution in [2.75, 3.05) is 6.61 Å². The minimum atomic E-state index is -1.65. The first-order valence-corrected chi connectivity index (χ1v) is 11.7. The minimum absolute atomic E-state index is 0.0533. The van der Waals surface area contributed by atoms with Crippen LogP contribution in [0.4, 0.5) is 0 Å². The predicted molar refractivity (Wildman–Crippen MR) is 114 cm³/mol. The van der Waals surface area contributed by atoms with Gasteiger partial charge in [-0.25, -0.2) is 0 Å². The summed E-state index contributed by atoms with van der Waals surface area (Å²) >= 11 is 0. The predicted octanol–water partition coefficient (Wildman–Crippen LogP) is -2.29. The molecule has 192 valence electrons. The van der Waals surface area contributed by atoms with Crippen molar-refractivity contribution in [1.29, 1.82) is 0 Å². The van der Waals surface area contributed by atoms with Gasteiger partial charge in [0.2, 0.25) is 11.8 Å². The van der Waals surface area contributed by atoms with Crippen molar-refractivity contribution in [2.45, 2.75) is 88.5 Å². The van der Waals surface area contributed by atoms with E-state index in [1.165, 1.54) is 4.90 Å². The van der Waals surface area contributed by atoms with E-state index in [1.54, 1.807) is 20.8 Å². The summed E-state index contributed by atoms with van der Waals surface area (Å²) in [5.41, 5.74) is -0.379. The zero-order valence-corrected chi connectivity index (χ0v) is 19.4. The van der Waals surface area contributed by atoms with E-state index < -0.39 is 78.7 Å². The first-order chi connectivity index (χ1) is 15.9. The quantitative estimate of drug-likeness (QED) is 0.187. The van der Waals surface area contributed by atoms with Crippen LogP contribution in [0.1, 0.15) is 40.0 Å². The van der Waals surface area contributed by atoms with Crippen molar-refractivity contribution in [1.82, 2.24) is 4.90 Å². The summed E-state index contributed by atoms with van der Waals surface area (Å²) in [5.74, 6) is -3.23. The van der Waals surface area contributed by atoms with E-state index in [0.29, 0.717) is 18.6 Å². The standard InChI is InChI=1S/C22H34N2O10/c1-22(2,3)24-19(31)9-5-4-8-10(6-11(26)15(27)13(8)14(9)20(24)32)23-34-21-18(30)17(29)16(28)12(7-25)33-21/h8-9,11-18,21,25-30H,4-7H2,1-3H3/b23-10+/t8-,9-,11-,12-,13+,14-,15-,16-,17+,18-,21+/m1/s1. The van der Waals surface area contributed by atoms with Gasteiger partial charge in [-0.3, -0.25) is 14.5 Å². The van der Waals surface area contributed by atoms with Gasteiger partial charge in [-0.05, 0) is 33.6 Å². The zero-order valence-electron chi connectivity index (χ0n) is 19.4. The number of hydrogen-bond donors (Lipinski definition) is 6. The molecule has 4 rings (SSSR count). The lowest BCUT2D eigenvalue weighted by atomic mass is 9.60. The number of aliphatic hydroxyl groups excluding tert-OH is 6. The van der Waals surface area contributed by atoms with Crippen molar-refractivity contribution in [3.63, 3.8) is 0 Å². The van der Waals surface area contributed by atoms with E-state index in [2.05, 4.69) is 5.16 Å². The molecule has 12 nitrogen and oxygen atoms in total. The second kappa shape index (κ2) is 9.08. The molecule has 0 unspecified atom stereocenters. The fraction of sp³-hybridized carbons (Fsp3) is 0.864. The van der Waals surface area contributed by atoms with Crippen LogP contribution in [0.25, 0.3) is 0 Å². The molecule has 0 aromatic heterocycles. The molecule has 2 saturated carbocycles. The highest BCUT2D eigenvalue weighted by Gasteiger charge is 2.61. The normalized spacial score (nSPS) is 46.4. The number of carbonyl (C=O) groups is 2. The maximum absolute atomic E-state index is 13.3. The first-order valence-electron chi connectivity index (χ1n) is 11.7. The molecular weight excluding hydrogens is 452 g/mol. The lowest BCUT2D eigenvalue weighted by molar-refractivity contribution is -0.301. The van der Waals surface area contributed by atoms with Crippen LogP contribution in [-0.4, -0.2) is 108 Å². The van der Waals surface area contributed by atoms with E-state index in [4.69, 9.17) is 9.57 Å². The van der Waals surface area contributed by atoms with Gasteiger partial charge in [0.15, 0.2) is 0 Å². The first kappa shape index (κ1) is 25.4. The van der Waals surface area contributed by atoms with Crippen LogP contribution in [0.2, 0.25) is 0 Å². The Balaban J connectivity index is 1.59. The van der Waals surface area contributed by atoms with Gasteiger partial charge in [-0.15, -0.1) is 0 Å². The Labute approximate surface area is 196 Å². The molecule has 0 aromatic rings. The fourth-order valence-electron chi connectivity index (χ4n) is 5.91. The van der Waals surface area contributed by atoms with Crippen LogP contribution in [0.5, 0.6) is 0 Å². The molecule has 12 heteroatoms. The Kier molecular flexibility index (Phi) is 6.79. The van der Waals surface area contributed by atoms with E-state index in [-0.39, 0.29) is 18.2 Å². The number of fused-ring (bicyclic) bond motifs is 3. The van der Waals surface area contributed by atoms with Gasteiger partial charge in [0.1, 0.15) is 24.4 Å². The number of oxime groups is 1. The van der Waals surface area contributed by atoms with E-state index in [0.717, 1.165) is 0 Å². The largest absolute Gasteiger partial charge is 0.394 e. The Morgan fingerprint density at radius 1 is 0.971 bits per heavy atom. The molecule has 0 radical (unpaired) electrons. The Bertz CT molecular complexity index is 842. The molecule has 6 N–H and O–H groups in total. The second-order valence-corrected chi connectivity index (χ2v) is 10.7. The van der Waals surface area contributed by atoms with E-state index >= 15 is 0 Å². The lowest BCUT2D eigenvalue weighted by Crippen LogP contribution is -2.59. The highest BCUT2D eigenvalue weighted by atomic mass is 16.8. The summed E-state index contributed by atoms with van der Waals surface area (Å²) in [6.45, 7) is 4.68. The molecule has 0 spiro atoms. The highest BCUT2D eigenvalue weighted by Crippen LogP contribution is 2.50. The molecule has 2 aliphatic heterocycles. The summed E-state index contributed by atoms with van der Waals surface area (Å²) in [6.07, 6.45) is -9.19. The molecule has 34 heavy (non-hydrogen) atoms. The third-order valence-corrected chi connectivity index (χ3v) is 7.57. The van der Waals surface area contributed by atoms with Crippen LogP contribution in [-0.2, 0) is 19.2 Å². The van der Waals surface area contributed by atoms with Gasteiger partial charge in [0.25, 0.3) is 6.29 Å². The van der Waals surface area contributed by atoms with Crippen LogP contribution < -0.4 is 0 Å². The molecule has 0 bridgehead atoms. The number of rotatable bonds is 3. The van der Waals surface area contributed by atoms with Gasteiger partial charge >= 0.3 is 0 Å². The summed E-state index contributed by atoms with van der Waals surface area (Å²) in [7, 11) is 0. The lowest BCUT2D eigenvalue weighted by Gasteiger charge is -2.45. The summed E-state index contributed by atoms with van der Waals surface area (Å²) in [5, 5.41) is 64.8. The molecule has 11 atom stereocenters. The number of nitrogens with zero attached hydrogens (tertiary/aromatic N) is 2. The number of carbonyl (C=O) groups excluding carboxylic acids is 2. The third kappa shape index (κ3) is 4.04. The molecule has 4 aliphatic rings. The van der Waals surface area contributed by atoms with Crippen LogP contribution in [0.15, 0.2) is 5.16 Å². The Morgan fingerprint density at radius 3 is 2.24 bits per heavy atom. The van der Waals surface area contributed by atoms with Crippen molar-refractivity contribution in [3.05, 3.63) is 0 Å².